The Bertz CT molecular complexity index is 1080. The molecule has 1 aromatic heterocycles. The Morgan fingerprint density at radius 3 is 2.73 bits per heavy atom. The number of nitrogens with zero attached hydrogens (tertiary/aromatic N) is 1. The summed E-state index contributed by atoms with van der Waals surface area (Å²) in [6, 6.07) is 12.3. The molecule has 0 aliphatic heterocycles. The van der Waals surface area contributed by atoms with Gasteiger partial charge in [0.05, 0.1) is 18.0 Å². The number of nitrogens with one attached hydrogen (secondary N) is 2. The average molecular weight is 353 g/mol. The van der Waals surface area contributed by atoms with Crippen LogP contribution in [0.4, 0.5) is 0 Å². The molecular weight excluding hydrogens is 334 g/mol. The number of H-pyrrole nitrogens is 1. The van der Waals surface area contributed by atoms with Crippen molar-refractivity contribution in [2.24, 2.45) is 0 Å². The molecule has 3 aromatic rings. The molecule has 1 heterocycles. The molecule has 0 spiro atoms. The van der Waals surface area contributed by atoms with Crippen LogP contribution in [-0.4, -0.2) is 22.6 Å². The van der Waals surface area contributed by atoms with E-state index >= 15 is 0 Å². The van der Waals surface area contributed by atoms with Crippen molar-refractivity contribution >= 4 is 16.8 Å². The number of ether oxygens (including phenoxy) is 1. The monoisotopic (exact) mass is 353 g/mol. The van der Waals surface area contributed by atoms with Crippen molar-refractivity contribution in [3.05, 3.63) is 74.4 Å². The lowest BCUT2D eigenvalue weighted by atomic mass is 10.1. The molecule has 1 amide bonds. The van der Waals surface area contributed by atoms with Gasteiger partial charge in [0.25, 0.3) is 5.56 Å². The van der Waals surface area contributed by atoms with Crippen molar-refractivity contribution in [2.45, 2.75) is 20.0 Å². The molecule has 0 fully saturated rings. The summed E-state index contributed by atoms with van der Waals surface area (Å²) in [4.78, 5) is 39.3. The molecule has 2 N–H and O–H groups in total. The van der Waals surface area contributed by atoms with Crippen molar-refractivity contribution in [1.82, 2.24) is 14.9 Å². The SMILES string of the molecule is COc1cc(CNC(=O)Cn2c(=O)[nH]c3ccccc3c2=O)ccc1C. The number of aryl methyl sites for hydroxylation is 1. The Morgan fingerprint density at radius 2 is 1.96 bits per heavy atom. The molecule has 0 aliphatic rings. The average Bonchev–Trinajstić information content (AvgIpc) is 2.64. The lowest BCUT2D eigenvalue weighted by Gasteiger charge is -2.10. The molecule has 0 aliphatic carbocycles. The van der Waals surface area contributed by atoms with Gasteiger partial charge in [-0.05, 0) is 36.2 Å². The van der Waals surface area contributed by atoms with Gasteiger partial charge in [-0.3, -0.25) is 14.2 Å². The standard InChI is InChI=1S/C19H19N3O4/c1-12-7-8-13(9-16(12)26-2)10-20-17(23)11-22-18(24)14-5-3-4-6-15(14)21-19(22)25/h3-9H,10-11H2,1-2H3,(H,20,23)(H,21,25). The zero-order valence-electron chi connectivity index (χ0n) is 14.5. The van der Waals surface area contributed by atoms with Crippen molar-refractivity contribution < 1.29 is 9.53 Å². The second-order valence-corrected chi connectivity index (χ2v) is 5.95. The quantitative estimate of drug-likeness (QED) is 0.723. The summed E-state index contributed by atoms with van der Waals surface area (Å²) in [5.41, 5.74) is 1.21. The second-order valence-electron chi connectivity index (χ2n) is 5.95. The Labute approximate surface area is 149 Å². The van der Waals surface area contributed by atoms with E-state index in [1.807, 2.05) is 25.1 Å². The number of methoxy groups -OCH3 is 1. The van der Waals surface area contributed by atoms with Crippen LogP contribution in [-0.2, 0) is 17.9 Å². The molecule has 7 heteroatoms. The first-order chi connectivity index (χ1) is 12.5. The minimum absolute atomic E-state index is 0.274. The predicted octanol–water partition coefficient (Wildman–Crippen LogP) is 1.32. The Balaban J connectivity index is 1.76. The first-order valence-corrected chi connectivity index (χ1v) is 8.11. The Kier molecular flexibility index (Phi) is 4.88. The highest BCUT2D eigenvalue weighted by Gasteiger charge is 2.11. The Morgan fingerprint density at radius 1 is 1.19 bits per heavy atom. The van der Waals surface area contributed by atoms with E-state index in [0.29, 0.717) is 10.9 Å². The molecule has 26 heavy (non-hydrogen) atoms. The van der Waals surface area contributed by atoms with Gasteiger partial charge in [-0.25, -0.2) is 4.79 Å². The molecule has 0 bridgehead atoms. The predicted molar refractivity (Wildman–Crippen MR) is 98.4 cm³/mol. The molecule has 134 valence electrons. The van der Waals surface area contributed by atoms with Gasteiger partial charge >= 0.3 is 5.69 Å². The molecule has 0 radical (unpaired) electrons. The summed E-state index contributed by atoms with van der Waals surface area (Å²) in [7, 11) is 1.59. The zero-order valence-corrected chi connectivity index (χ0v) is 14.5. The highest BCUT2D eigenvalue weighted by molar-refractivity contribution is 5.78. The lowest BCUT2D eigenvalue weighted by molar-refractivity contribution is -0.121. The molecule has 0 saturated heterocycles. The van der Waals surface area contributed by atoms with E-state index in [9.17, 15) is 14.4 Å². The maximum atomic E-state index is 12.4. The molecule has 3 rings (SSSR count). The van der Waals surface area contributed by atoms with Crippen molar-refractivity contribution in [2.75, 3.05) is 7.11 Å². The van der Waals surface area contributed by atoms with E-state index in [2.05, 4.69) is 10.3 Å². The number of aromatic amines is 1. The molecular formula is C19H19N3O4. The summed E-state index contributed by atoms with van der Waals surface area (Å²) in [6.07, 6.45) is 0. The fourth-order valence-corrected chi connectivity index (χ4v) is 2.72. The molecule has 2 aromatic carbocycles. The number of carbonyl (C=O) groups excluding carboxylic acids is 1. The number of hydrogen-bond acceptors (Lipinski definition) is 4. The normalized spacial score (nSPS) is 10.7. The van der Waals surface area contributed by atoms with Crippen molar-refractivity contribution in [3.63, 3.8) is 0 Å². The van der Waals surface area contributed by atoms with Crippen molar-refractivity contribution in [1.29, 1.82) is 0 Å². The van der Waals surface area contributed by atoms with Gasteiger partial charge in [0.15, 0.2) is 0 Å². The van der Waals surface area contributed by atoms with Crippen LogP contribution >= 0.6 is 0 Å². The number of fused-ring (bicyclic) bond motifs is 1. The highest BCUT2D eigenvalue weighted by atomic mass is 16.5. The second kappa shape index (κ2) is 7.26. The van der Waals surface area contributed by atoms with Gasteiger partial charge < -0.3 is 15.0 Å². The van der Waals surface area contributed by atoms with Crippen molar-refractivity contribution in [3.8, 4) is 5.75 Å². The summed E-state index contributed by atoms with van der Waals surface area (Å²) >= 11 is 0. The van der Waals surface area contributed by atoms with Crippen LogP contribution in [0.1, 0.15) is 11.1 Å². The first kappa shape index (κ1) is 17.5. The number of rotatable bonds is 5. The van der Waals surface area contributed by atoms with Gasteiger partial charge in [0.2, 0.25) is 5.91 Å². The Hall–Kier alpha value is -3.35. The van der Waals surface area contributed by atoms with Crippen LogP contribution in [0.2, 0.25) is 0 Å². The van der Waals surface area contributed by atoms with E-state index in [-0.39, 0.29) is 13.1 Å². The number of amides is 1. The lowest BCUT2D eigenvalue weighted by Crippen LogP contribution is -2.40. The number of para-hydroxylation sites is 1. The van der Waals surface area contributed by atoms with Crippen LogP contribution in [0.5, 0.6) is 5.75 Å². The summed E-state index contributed by atoms with van der Waals surface area (Å²) < 4.78 is 6.15. The zero-order chi connectivity index (χ0) is 18.7. The third-order valence-electron chi connectivity index (χ3n) is 4.15. The number of benzene rings is 2. The topological polar surface area (TPSA) is 93.2 Å². The van der Waals surface area contributed by atoms with E-state index in [1.165, 1.54) is 0 Å². The van der Waals surface area contributed by atoms with E-state index in [0.717, 1.165) is 21.4 Å². The van der Waals surface area contributed by atoms with Crippen LogP contribution in [0.3, 0.4) is 0 Å². The smallest absolute Gasteiger partial charge is 0.329 e. The molecule has 0 atom stereocenters. The fraction of sp³-hybridized carbons (Fsp3) is 0.211. The first-order valence-electron chi connectivity index (χ1n) is 8.11. The summed E-state index contributed by atoms with van der Waals surface area (Å²) in [6.45, 7) is 1.86. The number of aromatic nitrogens is 2. The van der Waals surface area contributed by atoms with Crippen LogP contribution in [0.15, 0.2) is 52.1 Å². The maximum Gasteiger partial charge on any atom is 0.329 e. The van der Waals surface area contributed by atoms with Crippen LogP contribution in [0, 0.1) is 6.92 Å². The minimum Gasteiger partial charge on any atom is -0.496 e. The summed E-state index contributed by atoms with van der Waals surface area (Å²) in [5, 5.41) is 3.08. The largest absolute Gasteiger partial charge is 0.496 e. The van der Waals surface area contributed by atoms with E-state index in [4.69, 9.17) is 4.74 Å². The third-order valence-corrected chi connectivity index (χ3v) is 4.15. The molecule has 0 unspecified atom stereocenters. The highest BCUT2D eigenvalue weighted by Crippen LogP contribution is 2.18. The van der Waals surface area contributed by atoms with Crippen LogP contribution in [0.25, 0.3) is 10.9 Å². The van der Waals surface area contributed by atoms with Gasteiger partial charge in [-0.1, -0.05) is 24.3 Å². The maximum absolute atomic E-state index is 12.4. The minimum atomic E-state index is -0.610. The van der Waals surface area contributed by atoms with Gasteiger partial charge in [0, 0.05) is 6.54 Å². The van der Waals surface area contributed by atoms with E-state index < -0.39 is 17.2 Å². The number of carbonyl (C=O) groups is 1. The van der Waals surface area contributed by atoms with Gasteiger partial charge in [-0.15, -0.1) is 0 Å². The third kappa shape index (κ3) is 3.51. The molecule has 0 saturated carbocycles. The van der Waals surface area contributed by atoms with Gasteiger partial charge in [0.1, 0.15) is 12.3 Å². The fourth-order valence-electron chi connectivity index (χ4n) is 2.72. The van der Waals surface area contributed by atoms with E-state index in [1.54, 1.807) is 31.4 Å². The number of hydrogen-bond donors (Lipinski definition) is 2. The van der Waals surface area contributed by atoms with Gasteiger partial charge in [-0.2, -0.15) is 0 Å². The van der Waals surface area contributed by atoms with Crippen LogP contribution < -0.4 is 21.3 Å². The molecule has 7 nitrogen and oxygen atoms in total. The summed E-state index contributed by atoms with van der Waals surface area (Å²) in [5.74, 6) is 0.311.